The minimum Gasteiger partial charge on any atom is -0.463 e. The van der Waals surface area contributed by atoms with Crippen LogP contribution in [0.15, 0.2) is 36.4 Å². The molecule has 0 aliphatic heterocycles. The van der Waals surface area contributed by atoms with E-state index in [1.807, 2.05) is 25.1 Å². The standard InChI is InChI=1S/C20H28ClNO2/c1-4-24-19(23)14-7-15-5-8-16(9-6-15)20(22(2)3)17-10-12-18(21)13-11-17/h7,10-16,20H,4-6,8-9H2,1-3H3. The summed E-state index contributed by atoms with van der Waals surface area (Å²) < 4.78 is 4.95. The van der Waals surface area contributed by atoms with Gasteiger partial charge in [0.25, 0.3) is 0 Å². The van der Waals surface area contributed by atoms with Crippen molar-refractivity contribution in [2.24, 2.45) is 11.8 Å². The average molecular weight is 350 g/mol. The summed E-state index contributed by atoms with van der Waals surface area (Å²) in [5.41, 5.74) is 1.33. The SMILES string of the molecule is CCOC(=O)C=CC1CCC(C(c2ccc(Cl)cc2)N(C)C)CC1. The van der Waals surface area contributed by atoms with E-state index in [0.717, 1.165) is 17.9 Å². The van der Waals surface area contributed by atoms with Crippen molar-refractivity contribution in [1.29, 1.82) is 0 Å². The second-order valence-electron chi connectivity index (χ2n) is 6.75. The second kappa shape index (κ2) is 9.24. The molecule has 2 rings (SSSR count). The van der Waals surface area contributed by atoms with E-state index < -0.39 is 0 Å². The Morgan fingerprint density at radius 2 is 1.88 bits per heavy atom. The maximum Gasteiger partial charge on any atom is 0.330 e. The largest absolute Gasteiger partial charge is 0.463 e. The van der Waals surface area contributed by atoms with Gasteiger partial charge in [0.1, 0.15) is 0 Å². The van der Waals surface area contributed by atoms with E-state index in [-0.39, 0.29) is 5.97 Å². The van der Waals surface area contributed by atoms with E-state index in [9.17, 15) is 4.79 Å². The van der Waals surface area contributed by atoms with Crippen LogP contribution in [0, 0.1) is 11.8 Å². The van der Waals surface area contributed by atoms with E-state index in [2.05, 4.69) is 31.1 Å². The Kier molecular flexibility index (Phi) is 7.32. The molecular formula is C20H28ClNO2. The summed E-state index contributed by atoms with van der Waals surface area (Å²) in [7, 11) is 4.29. The minimum absolute atomic E-state index is 0.230. The van der Waals surface area contributed by atoms with Gasteiger partial charge in [0, 0.05) is 17.1 Å². The summed E-state index contributed by atoms with van der Waals surface area (Å²) in [6, 6.07) is 8.64. The highest BCUT2D eigenvalue weighted by molar-refractivity contribution is 6.30. The highest BCUT2D eigenvalue weighted by Gasteiger charge is 2.29. The molecule has 0 aromatic heterocycles. The molecule has 4 heteroatoms. The first kappa shape index (κ1) is 19.0. The normalized spacial score (nSPS) is 22.7. The topological polar surface area (TPSA) is 29.5 Å². The number of benzene rings is 1. The van der Waals surface area contributed by atoms with Gasteiger partial charge in [-0.25, -0.2) is 4.79 Å². The number of hydrogen-bond donors (Lipinski definition) is 0. The van der Waals surface area contributed by atoms with Crippen LogP contribution in [0.3, 0.4) is 0 Å². The molecule has 1 aromatic carbocycles. The van der Waals surface area contributed by atoms with Crippen molar-refractivity contribution >= 4 is 17.6 Å². The molecule has 1 saturated carbocycles. The number of carbonyl (C=O) groups is 1. The van der Waals surface area contributed by atoms with Crippen LogP contribution in [0.25, 0.3) is 0 Å². The Bertz CT molecular complexity index is 545. The first-order valence-corrected chi connectivity index (χ1v) is 9.16. The molecule has 1 atom stereocenters. The molecule has 1 aromatic rings. The highest BCUT2D eigenvalue weighted by atomic mass is 35.5. The quantitative estimate of drug-likeness (QED) is 0.542. The average Bonchev–Trinajstić information content (AvgIpc) is 2.56. The number of nitrogens with zero attached hydrogens (tertiary/aromatic N) is 1. The van der Waals surface area contributed by atoms with Gasteiger partial charge >= 0.3 is 5.97 Å². The molecule has 1 fully saturated rings. The van der Waals surface area contributed by atoms with Gasteiger partial charge in [-0.15, -0.1) is 0 Å². The number of ether oxygens (including phenoxy) is 1. The van der Waals surface area contributed by atoms with E-state index >= 15 is 0 Å². The molecule has 1 aliphatic carbocycles. The van der Waals surface area contributed by atoms with Crippen molar-refractivity contribution in [3.8, 4) is 0 Å². The first-order valence-electron chi connectivity index (χ1n) is 8.78. The number of allylic oxidation sites excluding steroid dienone is 1. The van der Waals surface area contributed by atoms with Crippen molar-refractivity contribution in [3.63, 3.8) is 0 Å². The lowest BCUT2D eigenvalue weighted by molar-refractivity contribution is -0.137. The Balaban J connectivity index is 1.96. The zero-order valence-corrected chi connectivity index (χ0v) is 15.6. The van der Waals surface area contributed by atoms with E-state index in [4.69, 9.17) is 16.3 Å². The van der Waals surface area contributed by atoms with Crippen molar-refractivity contribution in [1.82, 2.24) is 4.90 Å². The third kappa shape index (κ3) is 5.35. The molecule has 132 valence electrons. The lowest BCUT2D eigenvalue weighted by Crippen LogP contribution is -2.30. The van der Waals surface area contributed by atoms with Gasteiger partial charge in [0.05, 0.1) is 6.61 Å². The van der Waals surface area contributed by atoms with E-state index in [1.165, 1.54) is 18.4 Å². The van der Waals surface area contributed by atoms with Crippen LogP contribution < -0.4 is 0 Å². The number of halogens is 1. The van der Waals surface area contributed by atoms with Crippen LogP contribution >= 0.6 is 11.6 Å². The summed E-state index contributed by atoms with van der Waals surface area (Å²) in [6.07, 6.45) is 8.21. The third-order valence-electron chi connectivity index (χ3n) is 4.82. The van der Waals surface area contributed by atoms with Crippen molar-refractivity contribution in [3.05, 3.63) is 47.0 Å². The Morgan fingerprint density at radius 3 is 2.42 bits per heavy atom. The van der Waals surface area contributed by atoms with Crippen molar-refractivity contribution in [2.75, 3.05) is 20.7 Å². The number of rotatable bonds is 6. The van der Waals surface area contributed by atoms with E-state index in [0.29, 0.717) is 24.5 Å². The lowest BCUT2D eigenvalue weighted by Gasteiger charge is -2.37. The van der Waals surface area contributed by atoms with Crippen molar-refractivity contribution in [2.45, 2.75) is 38.6 Å². The zero-order chi connectivity index (χ0) is 17.5. The second-order valence-corrected chi connectivity index (χ2v) is 7.18. The summed E-state index contributed by atoms with van der Waals surface area (Å²) in [5.74, 6) is 0.888. The molecular weight excluding hydrogens is 322 g/mol. The maximum absolute atomic E-state index is 11.4. The predicted molar refractivity (Wildman–Crippen MR) is 99.1 cm³/mol. The van der Waals surface area contributed by atoms with Crippen molar-refractivity contribution < 1.29 is 9.53 Å². The first-order chi connectivity index (χ1) is 11.5. The Labute approximate surface area is 150 Å². The zero-order valence-electron chi connectivity index (χ0n) is 14.9. The lowest BCUT2D eigenvalue weighted by atomic mass is 9.76. The monoisotopic (exact) mass is 349 g/mol. The van der Waals surface area contributed by atoms with Crippen LogP contribution in [-0.4, -0.2) is 31.6 Å². The molecule has 0 N–H and O–H groups in total. The van der Waals surface area contributed by atoms with Gasteiger partial charge < -0.3 is 9.64 Å². The van der Waals surface area contributed by atoms with Crippen LogP contribution in [0.5, 0.6) is 0 Å². The maximum atomic E-state index is 11.4. The highest BCUT2D eigenvalue weighted by Crippen LogP contribution is 2.39. The van der Waals surface area contributed by atoms with Crippen LogP contribution in [-0.2, 0) is 9.53 Å². The summed E-state index contributed by atoms with van der Waals surface area (Å²) in [5, 5.41) is 0.782. The molecule has 24 heavy (non-hydrogen) atoms. The third-order valence-corrected chi connectivity index (χ3v) is 5.07. The molecule has 0 spiro atoms. The molecule has 0 heterocycles. The molecule has 0 amide bonds. The number of esters is 1. The molecule has 0 radical (unpaired) electrons. The van der Waals surface area contributed by atoms with Gasteiger partial charge in [0.15, 0.2) is 0 Å². The minimum atomic E-state index is -0.230. The molecule has 1 unspecified atom stereocenters. The van der Waals surface area contributed by atoms with Crippen LogP contribution in [0.1, 0.15) is 44.2 Å². The Morgan fingerprint density at radius 1 is 1.25 bits per heavy atom. The van der Waals surface area contributed by atoms with Gasteiger partial charge in [0.2, 0.25) is 0 Å². The number of carbonyl (C=O) groups excluding carboxylic acids is 1. The predicted octanol–water partition coefficient (Wildman–Crippen LogP) is 4.87. The van der Waals surface area contributed by atoms with Crippen LogP contribution in [0.4, 0.5) is 0 Å². The fraction of sp³-hybridized carbons (Fsp3) is 0.550. The van der Waals surface area contributed by atoms with Gasteiger partial charge in [-0.2, -0.15) is 0 Å². The van der Waals surface area contributed by atoms with Gasteiger partial charge in [-0.1, -0.05) is 29.8 Å². The van der Waals surface area contributed by atoms with E-state index in [1.54, 1.807) is 6.08 Å². The molecule has 3 nitrogen and oxygen atoms in total. The van der Waals surface area contributed by atoms with Gasteiger partial charge in [-0.05, 0) is 76.2 Å². The fourth-order valence-corrected chi connectivity index (χ4v) is 3.84. The summed E-state index contributed by atoms with van der Waals surface area (Å²) >= 11 is 6.02. The fourth-order valence-electron chi connectivity index (χ4n) is 3.71. The molecule has 0 saturated heterocycles. The number of hydrogen-bond acceptors (Lipinski definition) is 3. The smallest absolute Gasteiger partial charge is 0.330 e. The van der Waals surface area contributed by atoms with Gasteiger partial charge in [-0.3, -0.25) is 0 Å². The summed E-state index contributed by atoms with van der Waals surface area (Å²) in [6.45, 7) is 2.26. The van der Waals surface area contributed by atoms with Crippen LogP contribution in [0.2, 0.25) is 5.02 Å². The Hall–Kier alpha value is -1.32. The molecule has 1 aliphatic rings. The molecule has 0 bridgehead atoms. The summed E-state index contributed by atoms with van der Waals surface area (Å²) in [4.78, 5) is 13.7.